The van der Waals surface area contributed by atoms with Gasteiger partial charge in [0.25, 0.3) is 0 Å². The lowest BCUT2D eigenvalue weighted by atomic mass is 9.85. The fourth-order valence-electron chi connectivity index (χ4n) is 3.78. The first-order valence-corrected chi connectivity index (χ1v) is 16.8. The highest BCUT2D eigenvalue weighted by molar-refractivity contribution is 14.2. The van der Waals surface area contributed by atoms with Crippen LogP contribution in [0.15, 0.2) is 33.5 Å². The van der Waals surface area contributed by atoms with Crippen LogP contribution in [0.3, 0.4) is 0 Å². The quantitative estimate of drug-likeness (QED) is 0.0461. The van der Waals surface area contributed by atoms with E-state index in [4.69, 9.17) is 27.9 Å². The van der Waals surface area contributed by atoms with Gasteiger partial charge in [-0.05, 0) is 66.7 Å². The molecule has 9 nitrogen and oxygen atoms in total. The molecule has 0 bridgehead atoms. The SMILES string of the molecule is C=CC(OC(C)C)C(Cl)/C=C(\C)NC(NC)N(CC(CC)=I/C=C(\C)Cl)C(=O)N(CC=O)CCC(C)(C)CC(=O)O. The van der Waals surface area contributed by atoms with Crippen molar-refractivity contribution in [3.05, 3.63) is 33.5 Å². The summed E-state index contributed by atoms with van der Waals surface area (Å²) in [7, 11) is 1.74. The van der Waals surface area contributed by atoms with Gasteiger partial charge in [0.2, 0.25) is 0 Å². The Morgan fingerprint density at radius 3 is 2.34 bits per heavy atom. The van der Waals surface area contributed by atoms with Crippen molar-refractivity contribution in [3.8, 4) is 0 Å². The van der Waals surface area contributed by atoms with E-state index in [0.29, 0.717) is 24.3 Å². The molecule has 0 aliphatic rings. The zero-order valence-electron chi connectivity index (χ0n) is 25.7. The molecule has 3 N–H and O–H groups in total. The van der Waals surface area contributed by atoms with E-state index in [1.54, 1.807) is 18.0 Å². The Labute approximate surface area is 266 Å². The Morgan fingerprint density at radius 2 is 1.88 bits per heavy atom. The molecule has 3 unspecified atom stereocenters. The summed E-state index contributed by atoms with van der Waals surface area (Å²) in [5.74, 6) is -0.907. The molecule has 3 atom stereocenters. The number of nitrogens with zero attached hydrogens (tertiary/aromatic N) is 2. The average Bonchev–Trinajstić information content (AvgIpc) is 2.87. The van der Waals surface area contributed by atoms with Gasteiger partial charge < -0.3 is 24.9 Å². The first kappa shape index (κ1) is 39.5. The lowest BCUT2D eigenvalue weighted by Crippen LogP contribution is -2.60. The van der Waals surface area contributed by atoms with Crippen LogP contribution in [0.25, 0.3) is 0 Å². The highest BCUT2D eigenvalue weighted by Crippen LogP contribution is 2.26. The van der Waals surface area contributed by atoms with Gasteiger partial charge in [-0.25, -0.2) is 4.79 Å². The predicted octanol–water partition coefficient (Wildman–Crippen LogP) is 6.04. The molecule has 0 saturated heterocycles. The largest absolute Gasteiger partial charge is 0.481 e. The number of allylic oxidation sites excluding steroid dienone is 2. The molecule has 2 amide bonds. The van der Waals surface area contributed by atoms with Crippen molar-refractivity contribution in [1.29, 1.82) is 0 Å². The van der Waals surface area contributed by atoms with Crippen molar-refractivity contribution in [2.75, 3.05) is 26.7 Å². The number of alkyl halides is 1. The Bertz CT molecular complexity index is 951. The summed E-state index contributed by atoms with van der Waals surface area (Å²) < 4.78 is 9.01. The fraction of sp³-hybridized carbons (Fsp3) is 0.655. The number of carboxylic acids is 1. The summed E-state index contributed by atoms with van der Waals surface area (Å²) in [5, 5.41) is 16.0. The van der Waals surface area contributed by atoms with Crippen LogP contribution in [0.2, 0.25) is 0 Å². The highest BCUT2D eigenvalue weighted by Gasteiger charge is 2.30. The number of hydrogen-bond acceptors (Lipinski definition) is 6. The zero-order chi connectivity index (χ0) is 31.8. The van der Waals surface area contributed by atoms with E-state index in [1.807, 2.05) is 58.6 Å². The van der Waals surface area contributed by atoms with Crippen molar-refractivity contribution in [2.45, 2.75) is 91.6 Å². The number of carbonyl (C=O) groups excluding carboxylic acids is 2. The van der Waals surface area contributed by atoms with Crippen LogP contribution >= 0.6 is 43.9 Å². The molecule has 0 fully saturated rings. The number of amides is 2. The predicted molar refractivity (Wildman–Crippen MR) is 179 cm³/mol. The monoisotopic (exact) mass is 730 g/mol. The molecular weight excluding hydrogens is 682 g/mol. The number of ether oxygens (including phenoxy) is 1. The molecule has 0 aliphatic carbocycles. The number of rotatable bonds is 20. The van der Waals surface area contributed by atoms with Gasteiger partial charge in [-0.3, -0.25) is 15.0 Å². The standard InChI is InChI=1S/C29H49Cl2IN4O5/c1-10-23(32-18-21(5)30)19-36(28(40)35(14-15-37)13-12-29(7,8)17-26(38)39)27(33-9)34-22(6)16-24(31)25(11-2)41-20(3)4/h11,15-16,18,20,24-25,27,33-34H,2,10,12-14,17,19H2,1,3-9H3,(H,38,39)/b21-18+,22-16+. The van der Waals surface area contributed by atoms with Crippen LogP contribution in [0, 0.1) is 5.41 Å². The second kappa shape index (κ2) is 20.4. The van der Waals surface area contributed by atoms with Crippen LogP contribution in [0.1, 0.15) is 67.7 Å². The van der Waals surface area contributed by atoms with Crippen LogP contribution < -0.4 is 10.6 Å². The minimum Gasteiger partial charge on any atom is -0.481 e. The highest BCUT2D eigenvalue weighted by atomic mass is 127. The summed E-state index contributed by atoms with van der Waals surface area (Å²) in [6.45, 7) is 17.5. The Morgan fingerprint density at radius 1 is 1.24 bits per heavy atom. The molecule has 0 rings (SSSR count). The number of urea groups is 1. The summed E-state index contributed by atoms with van der Waals surface area (Å²) >= 11 is 12.2. The smallest absolute Gasteiger partial charge is 0.323 e. The third-order valence-electron chi connectivity index (χ3n) is 5.92. The maximum atomic E-state index is 14.0. The Kier molecular flexibility index (Phi) is 19.7. The van der Waals surface area contributed by atoms with E-state index >= 15 is 0 Å². The van der Waals surface area contributed by atoms with Crippen molar-refractivity contribution in [1.82, 2.24) is 20.4 Å². The van der Waals surface area contributed by atoms with Crippen molar-refractivity contribution < 1.29 is 24.2 Å². The van der Waals surface area contributed by atoms with E-state index in [0.717, 1.165) is 12.1 Å². The lowest BCUT2D eigenvalue weighted by molar-refractivity contribution is -0.139. The van der Waals surface area contributed by atoms with Gasteiger partial charge in [0.05, 0.1) is 37.1 Å². The molecule has 41 heavy (non-hydrogen) atoms. The molecule has 236 valence electrons. The number of aldehydes is 1. The molecule has 0 saturated carbocycles. The van der Waals surface area contributed by atoms with Gasteiger partial charge in [0, 0.05) is 17.3 Å². The van der Waals surface area contributed by atoms with Gasteiger partial charge >= 0.3 is 12.0 Å². The second-order valence-electron chi connectivity index (χ2n) is 10.7. The number of aliphatic carboxylic acids is 1. The van der Waals surface area contributed by atoms with Gasteiger partial charge in [-0.1, -0.05) is 59.2 Å². The summed E-state index contributed by atoms with van der Waals surface area (Å²) in [6, 6.07) is -0.348. The first-order chi connectivity index (χ1) is 19.1. The third kappa shape index (κ3) is 16.7. The summed E-state index contributed by atoms with van der Waals surface area (Å²) in [5.41, 5.74) is 0.164. The number of carboxylic acid groups (broad SMARTS) is 1. The lowest BCUT2D eigenvalue weighted by Gasteiger charge is -2.37. The third-order valence-corrected chi connectivity index (χ3v) is 10.0. The van der Waals surface area contributed by atoms with E-state index in [9.17, 15) is 19.5 Å². The van der Waals surface area contributed by atoms with Crippen LogP contribution in [0.5, 0.6) is 0 Å². The van der Waals surface area contributed by atoms with Gasteiger partial charge in [-0.2, -0.15) is 0 Å². The number of carbonyl (C=O) groups is 3. The summed E-state index contributed by atoms with van der Waals surface area (Å²) in [4.78, 5) is 40.0. The number of nitrogens with one attached hydrogen (secondary N) is 2. The van der Waals surface area contributed by atoms with Gasteiger partial charge in [0.15, 0.2) is 6.29 Å². The molecule has 0 radical (unpaired) electrons. The molecule has 0 aromatic rings. The van der Waals surface area contributed by atoms with Crippen molar-refractivity contribution in [3.63, 3.8) is 0 Å². The molecule has 0 spiro atoms. The van der Waals surface area contributed by atoms with E-state index < -0.39 is 49.9 Å². The minimum absolute atomic E-state index is 0.0275. The number of halogens is 3. The normalized spacial score (nSPS) is 15.4. The van der Waals surface area contributed by atoms with Gasteiger partial charge in [0.1, 0.15) is 6.29 Å². The first-order valence-electron chi connectivity index (χ1n) is 13.7. The van der Waals surface area contributed by atoms with Crippen molar-refractivity contribution >= 4 is 65.7 Å². The summed E-state index contributed by atoms with van der Waals surface area (Å²) in [6.07, 6.45) is 4.24. The van der Waals surface area contributed by atoms with Crippen molar-refractivity contribution in [2.24, 2.45) is 5.41 Å². The molecule has 12 heteroatoms. The maximum Gasteiger partial charge on any atom is 0.323 e. The topological polar surface area (TPSA) is 111 Å². The van der Waals surface area contributed by atoms with Crippen LogP contribution in [-0.2, 0) is 14.3 Å². The average molecular weight is 732 g/mol. The van der Waals surface area contributed by atoms with E-state index in [2.05, 4.69) is 17.2 Å². The molecular formula is C29H49Cl2IN4O5. The van der Waals surface area contributed by atoms with E-state index in [-0.39, 0.29) is 31.6 Å². The molecule has 0 aromatic carbocycles. The number of hydrogen-bond donors (Lipinski definition) is 3. The van der Waals surface area contributed by atoms with Crippen LogP contribution in [0.4, 0.5) is 4.79 Å². The zero-order valence-corrected chi connectivity index (χ0v) is 29.3. The molecule has 0 aliphatic heterocycles. The minimum atomic E-state index is -0.907. The maximum absolute atomic E-state index is 14.0. The van der Waals surface area contributed by atoms with Crippen LogP contribution in [-0.4, -0.2) is 87.3 Å². The second-order valence-corrected chi connectivity index (χ2v) is 14.6. The fourth-order valence-corrected chi connectivity index (χ4v) is 6.28. The molecule has 0 heterocycles. The van der Waals surface area contributed by atoms with Gasteiger partial charge in [-0.15, -0.1) is 18.2 Å². The Balaban J connectivity index is 6.33. The molecule has 0 aromatic heterocycles. The van der Waals surface area contributed by atoms with E-state index in [1.165, 1.54) is 8.41 Å². The Hall–Kier alpha value is -1.47.